The summed E-state index contributed by atoms with van der Waals surface area (Å²) in [5, 5.41) is 11.7. The summed E-state index contributed by atoms with van der Waals surface area (Å²) in [5.41, 5.74) is -1.32. The summed E-state index contributed by atoms with van der Waals surface area (Å²) in [5.74, 6) is -4.95. The van der Waals surface area contributed by atoms with Crippen molar-refractivity contribution in [3.63, 3.8) is 0 Å². The Morgan fingerprint density at radius 1 is 1.02 bits per heavy atom. The van der Waals surface area contributed by atoms with Crippen molar-refractivity contribution in [1.82, 2.24) is 24.9 Å². The first-order valence-electron chi connectivity index (χ1n) is 14.1. The minimum atomic E-state index is -4.98. The van der Waals surface area contributed by atoms with E-state index in [1.54, 1.807) is 11.0 Å². The fourth-order valence-electron chi connectivity index (χ4n) is 6.09. The molecule has 2 aromatic carbocycles. The molecule has 230 valence electrons. The molecule has 2 aromatic heterocycles. The molecule has 4 heterocycles. The van der Waals surface area contributed by atoms with Crippen molar-refractivity contribution in [2.75, 3.05) is 37.6 Å². The molecule has 0 saturated carbocycles. The number of likely N-dealkylation sites (tertiary alicyclic amines) is 1. The topological polar surface area (TPSA) is 59.3 Å². The van der Waals surface area contributed by atoms with Crippen LogP contribution in [0, 0.1) is 17.0 Å². The molecule has 4 aromatic rings. The first-order chi connectivity index (χ1) is 21.1. The average Bonchev–Trinajstić information content (AvgIpc) is 3.49. The Morgan fingerprint density at radius 2 is 1.84 bits per heavy atom. The molecule has 6 rings (SSSR count). The van der Waals surface area contributed by atoms with Crippen LogP contribution < -0.4 is 9.64 Å². The van der Waals surface area contributed by atoms with Gasteiger partial charge in [0.05, 0.1) is 23.8 Å². The van der Waals surface area contributed by atoms with Crippen LogP contribution >= 0.6 is 0 Å². The van der Waals surface area contributed by atoms with E-state index in [0.717, 1.165) is 56.4 Å². The van der Waals surface area contributed by atoms with E-state index in [2.05, 4.69) is 20.2 Å². The van der Waals surface area contributed by atoms with Crippen LogP contribution in [0.1, 0.15) is 36.6 Å². The van der Waals surface area contributed by atoms with Crippen molar-refractivity contribution in [2.24, 2.45) is 5.41 Å². The second kappa shape index (κ2) is 11.6. The standard InChI is InChI=1S/C31H28F6N6O/c1-2-41-17-30(18-41)11-4-13-42(19-30)29-20(15-23(33)24-10-14-43(40-24)21-9-12-38-39-16-21)7-8-25(27(29)31(35,36)37)44-26-6-3-5-22(32)28(26)34/h3,5-10,12,14-16H,2,4,11,13,17-19H2,1H3/b23-15-. The fourth-order valence-corrected chi connectivity index (χ4v) is 6.09. The molecule has 44 heavy (non-hydrogen) atoms. The number of rotatable bonds is 7. The van der Waals surface area contributed by atoms with Gasteiger partial charge < -0.3 is 14.5 Å². The Bertz CT molecular complexity index is 1680. The van der Waals surface area contributed by atoms with Gasteiger partial charge in [-0.2, -0.15) is 32.9 Å². The number of benzene rings is 2. The molecule has 0 bridgehead atoms. The highest BCUT2D eigenvalue weighted by atomic mass is 19.4. The molecule has 1 spiro atoms. The molecule has 0 N–H and O–H groups in total. The van der Waals surface area contributed by atoms with Crippen molar-refractivity contribution < 1.29 is 31.1 Å². The highest BCUT2D eigenvalue weighted by molar-refractivity contribution is 5.84. The van der Waals surface area contributed by atoms with Crippen molar-refractivity contribution in [1.29, 1.82) is 0 Å². The molecule has 0 unspecified atom stereocenters. The zero-order valence-electron chi connectivity index (χ0n) is 23.7. The Labute approximate surface area is 249 Å². The number of anilines is 1. The van der Waals surface area contributed by atoms with Crippen LogP contribution in [0.3, 0.4) is 0 Å². The van der Waals surface area contributed by atoms with E-state index in [4.69, 9.17) is 4.74 Å². The smallest absolute Gasteiger partial charge is 0.422 e. The molecule has 7 nitrogen and oxygen atoms in total. The van der Waals surface area contributed by atoms with Crippen LogP contribution in [0.15, 0.2) is 61.1 Å². The quantitative estimate of drug-likeness (QED) is 0.206. The Morgan fingerprint density at radius 3 is 2.57 bits per heavy atom. The number of aromatic nitrogens is 4. The number of piperidine rings is 1. The highest BCUT2D eigenvalue weighted by Gasteiger charge is 2.47. The molecule has 0 atom stereocenters. The molecule has 0 amide bonds. The summed E-state index contributed by atoms with van der Waals surface area (Å²) >= 11 is 0. The van der Waals surface area contributed by atoms with Gasteiger partial charge in [0.25, 0.3) is 0 Å². The normalized spacial score (nSPS) is 17.2. The van der Waals surface area contributed by atoms with Crippen molar-refractivity contribution in [3.8, 4) is 17.2 Å². The minimum Gasteiger partial charge on any atom is -0.453 e. The zero-order valence-corrected chi connectivity index (χ0v) is 23.7. The Hall–Kier alpha value is -4.39. The Kier molecular flexibility index (Phi) is 7.82. The molecule has 2 aliphatic heterocycles. The van der Waals surface area contributed by atoms with E-state index in [1.807, 2.05) is 6.92 Å². The van der Waals surface area contributed by atoms with Gasteiger partial charge in [0, 0.05) is 43.4 Å². The van der Waals surface area contributed by atoms with Crippen molar-refractivity contribution >= 4 is 17.6 Å². The minimum absolute atomic E-state index is 0.0502. The maximum absolute atomic E-state index is 15.7. The lowest BCUT2D eigenvalue weighted by molar-refractivity contribution is -0.138. The van der Waals surface area contributed by atoms with Crippen LogP contribution in [0.25, 0.3) is 17.6 Å². The molecule has 2 fully saturated rings. The van der Waals surface area contributed by atoms with E-state index in [9.17, 15) is 22.0 Å². The van der Waals surface area contributed by atoms with Gasteiger partial charge in [-0.3, -0.25) is 0 Å². The van der Waals surface area contributed by atoms with Gasteiger partial charge in [-0.25, -0.2) is 13.5 Å². The third-order valence-corrected chi connectivity index (χ3v) is 8.08. The summed E-state index contributed by atoms with van der Waals surface area (Å²) in [6, 6.07) is 8.33. The molecular formula is C31H28F6N6O. The second-order valence-corrected chi connectivity index (χ2v) is 11.1. The SMILES string of the molecule is CCN1CC2(CCCN(c3c(/C=C(\F)c4ccn(-c5ccnnc5)n4)ccc(Oc4cccc(F)c4F)c3C(F)(F)F)C2)C1. The second-order valence-electron chi connectivity index (χ2n) is 11.1. The fraction of sp³-hybridized carbons (Fsp3) is 0.323. The van der Waals surface area contributed by atoms with E-state index >= 15 is 4.39 Å². The van der Waals surface area contributed by atoms with E-state index in [-0.39, 0.29) is 22.4 Å². The van der Waals surface area contributed by atoms with Crippen molar-refractivity contribution in [2.45, 2.75) is 25.9 Å². The van der Waals surface area contributed by atoms with Gasteiger partial charge in [-0.15, -0.1) is 0 Å². The van der Waals surface area contributed by atoms with Crippen LogP contribution in [0.2, 0.25) is 0 Å². The number of ether oxygens (including phenoxy) is 1. The number of halogens is 6. The van der Waals surface area contributed by atoms with Gasteiger partial charge in [-0.05, 0) is 61.9 Å². The molecule has 0 aliphatic carbocycles. The Balaban J connectivity index is 1.46. The molecule has 0 radical (unpaired) electrons. The predicted molar refractivity (Wildman–Crippen MR) is 152 cm³/mol. The first kappa shape index (κ1) is 29.7. The van der Waals surface area contributed by atoms with Crippen LogP contribution in [0.5, 0.6) is 11.5 Å². The highest BCUT2D eigenvalue weighted by Crippen LogP contribution is 2.49. The molecular weight excluding hydrogens is 586 g/mol. The summed E-state index contributed by atoms with van der Waals surface area (Å²) < 4.78 is 95.8. The van der Waals surface area contributed by atoms with Crippen LogP contribution in [-0.4, -0.2) is 57.6 Å². The lowest BCUT2D eigenvalue weighted by Gasteiger charge is -2.55. The van der Waals surface area contributed by atoms with E-state index in [0.29, 0.717) is 25.2 Å². The molecule has 2 saturated heterocycles. The van der Waals surface area contributed by atoms with Gasteiger partial charge in [-0.1, -0.05) is 13.0 Å². The van der Waals surface area contributed by atoms with Gasteiger partial charge in [0.15, 0.2) is 17.4 Å². The summed E-state index contributed by atoms with van der Waals surface area (Å²) in [6.45, 7) is 4.95. The van der Waals surface area contributed by atoms with E-state index < -0.39 is 40.7 Å². The average molecular weight is 615 g/mol. The van der Waals surface area contributed by atoms with Gasteiger partial charge in [0.2, 0.25) is 5.82 Å². The summed E-state index contributed by atoms with van der Waals surface area (Å²) in [6.07, 6.45) is 1.89. The lowest BCUT2D eigenvalue weighted by atomic mass is 9.73. The third-order valence-electron chi connectivity index (χ3n) is 8.08. The summed E-state index contributed by atoms with van der Waals surface area (Å²) in [4.78, 5) is 3.84. The number of hydrogen-bond acceptors (Lipinski definition) is 6. The van der Waals surface area contributed by atoms with Crippen LogP contribution in [-0.2, 0) is 6.18 Å². The lowest BCUT2D eigenvalue weighted by Crippen LogP contribution is -2.62. The number of hydrogen-bond donors (Lipinski definition) is 0. The van der Waals surface area contributed by atoms with Gasteiger partial charge >= 0.3 is 6.18 Å². The zero-order chi connectivity index (χ0) is 31.1. The first-order valence-corrected chi connectivity index (χ1v) is 14.1. The summed E-state index contributed by atoms with van der Waals surface area (Å²) in [7, 11) is 0. The third kappa shape index (κ3) is 5.75. The van der Waals surface area contributed by atoms with Gasteiger partial charge in [0.1, 0.15) is 17.0 Å². The van der Waals surface area contributed by atoms with Crippen molar-refractivity contribution in [3.05, 3.63) is 89.5 Å². The van der Waals surface area contributed by atoms with E-state index in [1.165, 1.54) is 35.4 Å². The molecule has 13 heteroatoms. The maximum Gasteiger partial charge on any atom is 0.422 e. The predicted octanol–water partition coefficient (Wildman–Crippen LogP) is 7.14. The van der Waals surface area contributed by atoms with Crippen LogP contribution in [0.4, 0.5) is 32.0 Å². The monoisotopic (exact) mass is 614 g/mol. The largest absolute Gasteiger partial charge is 0.453 e. The number of nitrogens with zero attached hydrogens (tertiary/aromatic N) is 6. The molecule has 2 aliphatic rings. The maximum atomic E-state index is 15.7. The number of alkyl halides is 3.